The highest BCUT2D eigenvalue weighted by Gasteiger charge is 2.68. The van der Waals surface area contributed by atoms with Crippen molar-refractivity contribution in [3.8, 4) is 11.5 Å². The summed E-state index contributed by atoms with van der Waals surface area (Å²) in [5.41, 5.74) is 2.59. The molecule has 2 aliphatic carbocycles. The van der Waals surface area contributed by atoms with Gasteiger partial charge in [0.2, 0.25) is 5.79 Å². The Morgan fingerprint density at radius 1 is 1.15 bits per heavy atom. The van der Waals surface area contributed by atoms with Crippen molar-refractivity contribution in [2.24, 2.45) is 5.92 Å². The first kappa shape index (κ1) is 18.8. The van der Waals surface area contributed by atoms with E-state index in [-0.39, 0.29) is 11.5 Å². The first-order valence-corrected chi connectivity index (χ1v) is 9.98. The molecule has 1 spiro atoms. The third-order valence-electron chi connectivity index (χ3n) is 7.02. The zero-order chi connectivity index (χ0) is 19.4. The number of likely N-dealkylation sites (N-methyl/N-ethyl adjacent to an activating group) is 1. The van der Waals surface area contributed by atoms with Gasteiger partial charge in [-0.3, -0.25) is 0 Å². The Bertz CT molecular complexity index is 757. The maximum absolute atomic E-state index is 6.59. The van der Waals surface area contributed by atoms with Crippen molar-refractivity contribution in [3.05, 3.63) is 35.4 Å². The van der Waals surface area contributed by atoms with E-state index in [4.69, 9.17) is 18.9 Å². The second-order valence-corrected chi connectivity index (χ2v) is 7.69. The molecule has 4 aliphatic rings. The first-order valence-electron chi connectivity index (χ1n) is 9.98. The molecular weight excluding hydrogens is 342 g/mol. The van der Waals surface area contributed by atoms with Crippen molar-refractivity contribution in [3.63, 3.8) is 0 Å². The van der Waals surface area contributed by atoms with Crippen LogP contribution in [0.25, 0.3) is 0 Å². The average molecular weight is 373 g/mol. The van der Waals surface area contributed by atoms with E-state index in [1.54, 1.807) is 21.3 Å². The molecule has 1 saturated heterocycles. The second-order valence-electron chi connectivity index (χ2n) is 7.69. The Kier molecular flexibility index (Phi) is 4.53. The SMILES string of the molecule is CC.COc1ccc2c3c1OC1C(OC)(OC)C=CC4C(C2)N(C)CCC341. The molecule has 1 aromatic rings. The zero-order valence-electron chi connectivity index (χ0n) is 17.2. The lowest BCUT2D eigenvalue weighted by atomic mass is 9.52. The molecule has 148 valence electrons. The Morgan fingerprint density at radius 3 is 2.56 bits per heavy atom. The molecular formula is C22H31NO4. The number of benzene rings is 1. The van der Waals surface area contributed by atoms with Crippen LogP contribution in [0.1, 0.15) is 31.4 Å². The van der Waals surface area contributed by atoms with Gasteiger partial charge >= 0.3 is 0 Å². The number of piperidine rings is 1. The number of likely N-dealkylation sites (tertiary alicyclic amines) is 1. The summed E-state index contributed by atoms with van der Waals surface area (Å²) in [6.07, 6.45) is 6.25. The predicted octanol–water partition coefficient (Wildman–Crippen LogP) is 3.16. The maximum atomic E-state index is 6.59. The minimum Gasteiger partial charge on any atom is -0.493 e. The molecule has 0 amide bonds. The molecule has 1 fully saturated rings. The van der Waals surface area contributed by atoms with E-state index in [9.17, 15) is 0 Å². The molecule has 0 saturated carbocycles. The van der Waals surface area contributed by atoms with E-state index < -0.39 is 5.79 Å². The van der Waals surface area contributed by atoms with Crippen molar-refractivity contribution in [2.75, 3.05) is 34.9 Å². The van der Waals surface area contributed by atoms with Gasteiger partial charge in [0, 0.05) is 31.7 Å². The van der Waals surface area contributed by atoms with Crippen LogP contribution in [0.5, 0.6) is 11.5 Å². The molecule has 5 heteroatoms. The second kappa shape index (κ2) is 6.50. The van der Waals surface area contributed by atoms with Crippen LogP contribution < -0.4 is 9.47 Å². The fourth-order valence-corrected chi connectivity index (χ4v) is 5.83. The number of nitrogens with zero attached hydrogens (tertiary/aromatic N) is 1. The lowest BCUT2D eigenvalue weighted by Crippen LogP contribution is -2.68. The zero-order valence-corrected chi connectivity index (χ0v) is 17.2. The van der Waals surface area contributed by atoms with Crippen molar-refractivity contribution in [1.82, 2.24) is 4.90 Å². The lowest BCUT2D eigenvalue weighted by Gasteiger charge is -2.58. The highest BCUT2D eigenvalue weighted by atomic mass is 16.7. The van der Waals surface area contributed by atoms with E-state index in [1.807, 2.05) is 19.9 Å². The molecule has 5 nitrogen and oxygen atoms in total. The molecule has 0 radical (unpaired) electrons. The highest BCUT2D eigenvalue weighted by Crippen LogP contribution is 2.64. The van der Waals surface area contributed by atoms with Crippen LogP contribution in [-0.4, -0.2) is 57.8 Å². The van der Waals surface area contributed by atoms with Crippen LogP contribution in [-0.2, 0) is 21.3 Å². The first-order chi connectivity index (χ1) is 13.1. The van der Waals surface area contributed by atoms with E-state index in [0.717, 1.165) is 30.9 Å². The summed E-state index contributed by atoms with van der Waals surface area (Å²) in [6, 6.07) is 4.73. The molecule has 1 aromatic carbocycles. The van der Waals surface area contributed by atoms with Gasteiger partial charge in [0.15, 0.2) is 17.6 Å². The number of methoxy groups -OCH3 is 3. The van der Waals surface area contributed by atoms with Crippen LogP contribution in [0.2, 0.25) is 0 Å². The predicted molar refractivity (Wildman–Crippen MR) is 105 cm³/mol. The summed E-state index contributed by atoms with van der Waals surface area (Å²) in [4.78, 5) is 2.50. The van der Waals surface area contributed by atoms with E-state index in [1.165, 1.54) is 11.1 Å². The van der Waals surface area contributed by atoms with Gasteiger partial charge in [-0.2, -0.15) is 0 Å². The maximum Gasteiger partial charge on any atom is 0.226 e. The quantitative estimate of drug-likeness (QED) is 0.601. The molecule has 4 atom stereocenters. The van der Waals surface area contributed by atoms with Gasteiger partial charge in [-0.1, -0.05) is 26.0 Å². The van der Waals surface area contributed by atoms with Crippen LogP contribution in [0, 0.1) is 5.92 Å². The fourth-order valence-electron chi connectivity index (χ4n) is 5.83. The standard InChI is InChI=1S/C20H25NO4.C2H6/c1-21-10-9-19-13-7-8-20(23-3,24-4)18(19)25-17-15(22-2)6-5-12(16(17)19)11-14(13)21;1-2/h5-8,13-14,18H,9-11H2,1-4H3;1-2H3. The highest BCUT2D eigenvalue weighted by molar-refractivity contribution is 5.62. The van der Waals surface area contributed by atoms with Crippen molar-refractivity contribution >= 4 is 0 Å². The third kappa shape index (κ3) is 2.16. The van der Waals surface area contributed by atoms with Crippen LogP contribution in [0.15, 0.2) is 24.3 Å². The topological polar surface area (TPSA) is 40.2 Å². The van der Waals surface area contributed by atoms with Gasteiger partial charge in [0.1, 0.15) is 0 Å². The van der Waals surface area contributed by atoms with Gasteiger partial charge in [-0.15, -0.1) is 0 Å². The van der Waals surface area contributed by atoms with Crippen LogP contribution in [0.4, 0.5) is 0 Å². The Morgan fingerprint density at radius 2 is 1.89 bits per heavy atom. The van der Waals surface area contributed by atoms with Gasteiger partial charge in [0.05, 0.1) is 12.5 Å². The van der Waals surface area contributed by atoms with Gasteiger partial charge in [-0.05, 0) is 44.1 Å². The molecule has 0 N–H and O–H groups in total. The Balaban J connectivity index is 0.000000872. The van der Waals surface area contributed by atoms with Crippen LogP contribution in [0.3, 0.4) is 0 Å². The summed E-state index contributed by atoms with van der Waals surface area (Å²) in [5.74, 6) is 1.23. The number of hydrogen-bond acceptors (Lipinski definition) is 5. The largest absolute Gasteiger partial charge is 0.493 e. The molecule has 0 aromatic heterocycles. The smallest absolute Gasteiger partial charge is 0.226 e. The minimum absolute atomic E-state index is 0.116. The van der Waals surface area contributed by atoms with Crippen molar-refractivity contribution < 1.29 is 18.9 Å². The Hall–Kier alpha value is -1.56. The minimum atomic E-state index is -0.865. The molecule has 2 bridgehead atoms. The molecule has 2 aliphatic heterocycles. The summed E-state index contributed by atoms with van der Waals surface area (Å²) >= 11 is 0. The molecule has 4 unspecified atom stereocenters. The summed E-state index contributed by atoms with van der Waals surface area (Å²) in [5, 5.41) is 0. The molecule has 27 heavy (non-hydrogen) atoms. The lowest BCUT2D eigenvalue weighted by molar-refractivity contribution is -0.244. The van der Waals surface area contributed by atoms with Gasteiger partial charge < -0.3 is 23.8 Å². The number of hydrogen-bond donors (Lipinski definition) is 0. The van der Waals surface area contributed by atoms with Crippen molar-refractivity contribution in [2.45, 2.75) is 50.0 Å². The van der Waals surface area contributed by atoms with E-state index in [2.05, 4.69) is 30.2 Å². The number of rotatable bonds is 3. The third-order valence-corrected chi connectivity index (χ3v) is 7.02. The fraction of sp³-hybridized carbons (Fsp3) is 0.636. The summed E-state index contributed by atoms with van der Waals surface area (Å²) in [6.45, 7) is 5.05. The van der Waals surface area contributed by atoms with Gasteiger partial charge in [-0.25, -0.2) is 0 Å². The van der Waals surface area contributed by atoms with Crippen LogP contribution >= 0.6 is 0 Å². The average Bonchev–Trinajstić information content (AvgIpc) is 3.07. The van der Waals surface area contributed by atoms with E-state index in [0.29, 0.717) is 12.0 Å². The summed E-state index contributed by atoms with van der Waals surface area (Å²) in [7, 11) is 7.34. The van der Waals surface area contributed by atoms with Gasteiger partial charge in [0.25, 0.3) is 0 Å². The van der Waals surface area contributed by atoms with E-state index >= 15 is 0 Å². The molecule has 2 heterocycles. The Labute approximate surface area is 162 Å². The monoisotopic (exact) mass is 373 g/mol. The molecule has 5 rings (SSSR count). The number of ether oxygens (including phenoxy) is 4. The normalized spacial score (nSPS) is 34.2. The van der Waals surface area contributed by atoms with Crippen molar-refractivity contribution in [1.29, 1.82) is 0 Å². The summed E-state index contributed by atoms with van der Waals surface area (Å²) < 4.78 is 24.0.